The van der Waals surface area contributed by atoms with Gasteiger partial charge in [0.2, 0.25) is 0 Å². The summed E-state index contributed by atoms with van der Waals surface area (Å²) in [6.07, 6.45) is -5.10. The van der Waals surface area contributed by atoms with Crippen LogP contribution in [-0.2, 0) is 4.79 Å². The molecule has 0 bridgehead atoms. The standard InChI is InChI=1S/C4H4F3N3OS2/c5-4(6,7)1(11)10(2(8)12)3(9)13/h(H2,8,12)(H2,9,13). The average molecular weight is 231 g/mol. The molecule has 4 N–H and O–H groups in total. The van der Waals surface area contributed by atoms with Crippen molar-refractivity contribution in [2.24, 2.45) is 11.5 Å². The van der Waals surface area contributed by atoms with E-state index in [1.165, 1.54) is 0 Å². The first kappa shape index (κ1) is 12.0. The van der Waals surface area contributed by atoms with Crippen molar-refractivity contribution in [2.75, 3.05) is 0 Å². The number of amides is 1. The Balaban J connectivity index is 4.89. The normalized spacial score (nSPS) is 10.7. The molecule has 9 heteroatoms. The summed E-state index contributed by atoms with van der Waals surface area (Å²) in [6.45, 7) is 0. The van der Waals surface area contributed by atoms with Crippen LogP contribution in [0.25, 0.3) is 0 Å². The van der Waals surface area contributed by atoms with Crippen molar-refractivity contribution >= 4 is 40.6 Å². The van der Waals surface area contributed by atoms with E-state index in [1.54, 1.807) is 0 Å². The number of alkyl halides is 3. The Morgan fingerprint density at radius 3 is 1.54 bits per heavy atom. The van der Waals surface area contributed by atoms with Crippen LogP contribution in [0.3, 0.4) is 0 Å². The van der Waals surface area contributed by atoms with Crippen LogP contribution in [-0.4, -0.2) is 27.2 Å². The molecule has 74 valence electrons. The van der Waals surface area contributed by atoms with E-state index in [0.29, 0.717) is 0 Å². The number of nitrogens with zero attached hydrogens (tertiary/aromatic N) is 1. The van der Waals surface area contributed by atoms with E-state index in [4.69, 9.17) is 11.5 Å². The number of hydrogen-bond acceptors (Lipinski definition) is 3. The van der Waals surface area contributed by atoms with Crippen LogP contribution in [0.5, 0.6) is 0 Å². The Morgan fingerprint density at radius 2 is 1.46 bits per heavy atom. The zero-order chi connectivity index (χ0) is 10.8. The van der Waals surface area contributed by atoms with Gasteiger partial charge < -0.3 is 11.5 Å². The topological polar surface area (TPSA) is 72.3 Å². The van der Waals surface area contributed by atoms with E-state index >= 15 is 0 Å². The first-order valence-electron chi connectivity index (χ1n) is 2.68. The Hall–Kier alpha value is -0.960. The number of hydrogen-bond donors (Lipinski definition) is 2. The van der Waals surface area contributed by atoms with Gasteiger partial charge in [-0.3, -0.25) is 4.79 Å². The highest BCUT2D eigenvalue weighted by molar-refractivity contribution is 7.81. The monoisotopic (exact) mass is 231 g/mol. The molecule has 0 aromatic rings. The minimum Gasteiger partial charge on any atom is -0.375 e. The third kappa shape index (κ3) is 3.11. The minimum absolute atomic E-state index is 0.162. The highest BCUT2D eigenvalue weighted by Gasteiger charge is 2.44. The molecular weight excluding hydrogens is 227 g/mol. The van der Waals surface area contributed by atoms with Gasteiger partial charge in [0.15, 0.2) is 10.2 Å². The van der Waals surface area contributed by atoms with E-state index in [2.05, 4.69) is 24.4 Å². The Kier molecular flexibility index (Phi) is 3.55. The molecule has 4 nitrogen and oxygen atoms in total. The lowest BCUT2D eigenvalue weighted by Crippen LogP contribution is -2.52. The van der Waals surface area contributed by atoms with Crippen LogP contribution in [0.4, 0.5) is 13.2 Å². The van der Waals surface area contributed by atoms with Gasteiger partial charge in [-0.25, -0.2) is 4.90 Å². The fourth-order valence-corrected chi connectivity index (χ4v) is 0.856. The second kappa shape index (κ2) is 3.83. The van der Waals surface area contributed by atoms with Crippen molar-refractivity contribution in [3.05, 3.63) is 0 Å². The van der Waals surface area contributed by atoms with Crippen molar-refractivity contribution < 1.29 is 18.0 Å². The van der Waals surface area contributed by atoms with Crippen molar-refractivity contribution in [1.29, 1.82) is 0 Å². The molecule has 0 saturated heterocycles. The molecule has 0 spiro atoms. The smallest absolute Gasteiger partial charge is 0.375 e. The number of carbonyl (C=O) groups is 1. The summed E-state index contributed by atoms with van der Waals surface area (Å²) in [7, 11) is 0. The van der Waals surface area contributed by atoms with Crippen LogP contribution in [0.15, 0.2) is 0 Å². The van der Waals surface area contributed by atoms with Crippen molar-refractivity contribution in [1.82, 2.24) is 4.90 Å². The molecule has 13 heavy (non-hydrogen) atoms. The van der Waals surface area contributed by atoms with Gasteiger partial charge in [0, 0.05) is 0 Å². The third-order valence-electron chi connectivity index (χ3n) is 0.886. The summed E-state index contributed by atoms with van der Waals surface area (Å²) in [5.41, 5.74) is 9.61. The molecule has 0 saturated carbocycles. The first-order valence-corrected chi connectivity index (χ1v) is 3.49. The van der Waals surface area contributed by atoms with Gasteiger partial charge in [-0.15, -0.1) is 0 Å². The van der Waals surface area contributed by atoms with Gasteiger partial charge in [0.05, 0.1) is 0 Å². The fraction of sp³-hybridized carbons (Fsp3) is 0.250. The van der Waals surface area contributed by atoms with Gasteiger partial charge in [0.25, 0.3) is 0 Å². The molecule has 0 aliphatic carbocycles. The lowest BCUT2D eigenvalue weighted by molar-refractivity contribution is -0.177. The Labute approximate surface area is 81.6 Å². The van der Waals surface area contributed by atoms with Gasteiger partial charge in [-0.2, -0.15) is 13.2 Å². The van der Waals surface area contributed by atoms with Gasteiger partial charge >= 0.3 is 12.1 Å². The molecule has 0 aromatic carbocycles. The Bertz CT molecular complexity index is 250. The molecule has 0 rings (SSSR count). The summed E-state index contributed by atoms with van der Waals surface area (Å²) < 4.78 is 35.4. The fourth-order valence-electron chi connectivity index (χ4n) is 0.436. The molecule has 0 unspecified atom stereocenters. The number of thiocarbonyl (C=S) groups is 2. The number of rotatable bonds is 0. The quantitative estimate of drug-likeness (QED) is 0.568. The highest BCUT2D eigenvalue weighted by Crippen LogP contribution is 2.18. The molecule has 0 heterocycles. The zero-order valence-corrected chi connectivity index (χ0v) is 7.59. The van der Waals surface area contributed by atoms with E-state index < -0.39 is 22.3 Å². The SMILES string of the molecule is NC(=S)N(C(=O)C(F)(F)F)C(N)=S. The molecule has 0 atom stereocenters. The molecular formula is C4H4F3N3OS2. The molecule has 0 radical (unpaired) electrons. The van der Waals surface area contributed by atoms with Crippen molar-refractivity contribution in [2.45, 2.75) is 6.18 Å². The first-order chi connectivity index (χ1) is 5.68. The van der Waals surface area contributed by atoms with Gasteiger partial charge in [-0.05, 0) is 24.4 Å². The second-order valence-electron chi connectivity index (χ2n) is 1.81. The summed E-state index contributed by atoms with van der Waals surface area (Å²) >= 11 is 8.31. The average Bonchev–Trinajstić information content (AvgIpc) is 1.82. The maximum Gasteiger partial charge on any atom is 0.472 e. The summed E-state index contributed by atoms with van der Waals surface area (Å²) in [5, 5.41) is -1.68. The molecule has 1 amide bonds. The minimum atomic E-state index is -5.10. The largest absolute Gasteiger partial charge is 0.472 e. The van der Waals surface area contributed by atoms with E-state index in [1.807, 2.05) is 0 Å². The molecule has 0 aromatic heterocycles. The summed E-state index contributed by atoms with van der Waals surface area (Å²) in [4.78, 5) is 10.4. The number of nitrogens with two attached hydrogens (primary N) is 2. The molecule has 0 aliphatic rings. The van der Waals surface area contributed by atoms with Crippen LogP contribution in [0.2, 0.25) is 0 Å². The maximum absolute atomic E-state index is 11.8. The van der Waals surface area contributed by atoms with Crippen LogP contribution < -0.4 is 11.5 Å². The lowest BCUT2D eigenvalue weighted by atomic mass is 10.5. The predicted molar refractivity (Wildman–Crippen MR) is 46.5 cm³/mol. The highest BCUT2D eigenvalue weighted by atomic mass is 32.1. The molecule has 0 fully saturated rings. The Morgan fingerprint density at radius 1 is 1.15 bits per heavy atom. The van der Waals surface area contributed by atoms with Crippen molar-refractivity contribution in [3.8, 4) is 0 Å². The summed E-state index contributed by atoms with van der Waals surface area (Å²) in [6, 6.07) is 0. The number of carbonyl (C=O) groups excluding carboxylic acids is 1. The lowest BCUT2D eigenvalue weighted by Gasteiger charge is -2.19. The van der Waals surface area contributed by atoms with Gasteiger partial charge in [0.1, 0.15) is 0 Å². The predicted octanol–water partition coefficient (Wildman–Crippen LogP) is -0.135. The van der Waals surface area contributed by atoms with Crippen LogP contribution in [0.1, 0.15) is 0 Å². The van der Waals surface area contributed by atoms with Crippen LogP contribution in [0, 0.1) is 0 Å². The zero-order valence-electron chi connectivity index (χ0n) is 5.96. The van der Waals surface area contributed by atoms with Crippen LogP contribution >= 0.6 is 24.4 Å². The maximum atomic E-state index is 11.8. The second-order valence-corrected chi connectivity index (χ2v) is 2.65. The van der Waals surface area contributed by atoms with Crippen molar-refractivity contribution in [3.63, 3.8) is 0 Å². The van der Waals surface area contributed by atoms with E-state index in [9.17, 15) is 18.0 Å². The van der Waals surface area contributed by atoms with Gasteiger partial charge in [-0.1, -0.05) is 0 Å². The third-order valence-corrected chi connectivity index (χ3v) is 1.25. The number of halogens is 3. The molecule has 0 aliphatic heterocycles. The van der Waals surface area contributed by atoms with E-state index in [-0.39, 0.29) is 4.90 Å². The summed E-state index contributed by atoms with van der Waals surface area (Å²) in [5.74, 6) is -2.30. The van der Waals surface area contributed by atoms with E-state index in [0.717, 1.165) is 0 Å².